The minimum Gasteiger partial charge on any atom is -0.392 e. The average molecular weight is 270 g/mol. The summed E-state index contributed by atoms with van der Waals surface area (Å²) in [7, 11) is 2.01. The molecule has 0 unspecified atom stereocenters. The fraction of sp³-hybridized carbons (Fsp3) is 0.375. The summed E-state index contributed by atoms with van der Waals surface area (Å²) in [5, 5.41) is 21.9. The fourth-order valence-electron chi connectivity index (χ4n) is 3.84. The first-order valence-electron chi connectivity index (χ1n) is 6.97. The number of aliphatic hydroxyl groups excluding tert-OH is 1. The van der Waals surface area contributed by atoms with Gasteiger partial charge in [-0.1, -0.05) is 12.1 Å². The van der Waals surface area contributed by atoms with Crippen LogP contribution in [0.4, 0.5) is 0 Å². The van der Waals surface area contributed by atoms with Crippen molar-refractivity contribution in [1.29, 1.82) is 0 Å². The van der Waals surface area contributed by atoms with Gasteiger partial charge in [0.25, 0.3) is 0 Å². The summed E-state index contributed by atoms with van der Waals surface area (Å²) in [5.74, 6) is 0. The van der Waals surface area contributed by atoms with Gasteiger partial charge >= 0.3 is 0 Å². The lowest BCUT2D eigenvalue weighted by Crippen LogP contribution is -2.55. The van der Waals surface area contributed by atoms with Crippen molar-refractivity contribution in [2.45, 2.75) is 18.1 Å². The van der Waals surface area contributed by atoms with E-state index in [0.717, 1.165) is 28.5 Å². The first-order valence-corrected chi connectivity index (χ1v) is 6.97. The Bertz CT molecular complexity index is 718. The Labute approximate surface area is 117 Å². The molecule has 1 aliphatic heterocycles. The van der Waals surface area contributed by atoms with E-state index in [4.69, 9.17) is 0 Å². The zero-order valence-corrected chi connectivity index (χ0v) is 11.4. The van der Waals surface area contributed by atoms with Crippen LogP contribution in [0.15, 0.2) is 36.0 Å². The van der Waals surface area contributed by atoms with Crippen LogP contribution in [0.5, 0.6) is 0 Å². The van der Waals surface area contributed by atoms with Gasteiger partial charge in [0, 0.05) is 23.6 Å². The SMILES string of the molecule is CN1CC(CO)=C[C@]2(O)c3cccc4[nH]cc(c34)C[C@@H]12. The van der Waals surface area contributed by atoms with E-state index in [1.54, 1.807) is 0 Å². The van der Waals surface area contributed by atoms with Crippen molar-refractivity contribution in [2.24, 2.45) is 0 Å². The van der Waals surface area contributed by atoms with E-state index in [0.29, 0.717) is 6.54 Å². The van der Waals surface area contributed by atoms with Crippen LogP contribution in [0, 0.1) is 0 Å². The topological polar surface area (TPSA) is 59.5 Å². The van der Waals surface area contributed by atoms with Crippen LogP contribution in [-0.4, -0.2) is 46.3 Å². The van der Waals surface area contributed by atoms with Crippen molar-refractivity contribution in [3.05, 3.63) is 47.2 Å². The zero-order valence-electron chi connectivity index (χ0n) is 11.4. The summed E-state index contributed by atoms with van der Waals surface area (Å²) in [4.78, 5) is 5.43. The van der Waals surface area contributed by atoms with Crippen LogP contribution in [0.3, 0.4) is 0 Å². The molecule has 2 atom stereocenters. The first-order chi connectivity index (χ1) is 9.63. The number of hydrogen-bond donors (Lipinski definition) is 3. The maximum atomic E-state index is 11.3. The van der Waals surface area contributed by atoms with Crippen LogP contribution in [0.25, 0.3) is 10.9 Å². The highest BCUT2D eigenvalue weighted by atomic mass is 16.3. The van der Waals surface area contributed by atoms with E-state index >= 15 is 0 Å². The Morgan fingerprint density at radius 3 is 3.10 bits per heavy atom. The maximum absolute atomic E-state index is 11.3. The third-order valence-corrected chi connectivity index (χ3v) is 4.75. The molecule has 4 rings (SSSR count). The largest absolute Gasteiger partial charge is 0.392 e. The van der Waals surface area contributed by atoms with Crippen LogP contribution >= 0.6 is 0 Å². The van der Waals surface area contributed by atoms with E-state index < -0.39 is 5.60 Å². The van der Waals surface area contributed by atoms with E-state index in [1.165, 1.54) is 5.56 Å². The van der Waals surface area contributed by atoms with Crippen molar-refractivity contribution < 1.29 is 10.2 Å². The fourth-order valence-corrected chi connectivity index (χ4v) is 3.84. The normalized spacial score (nSPS) is 29.4. The molecule has 0 saturated carbocycles. The van der Waals surface area contributed by atoms with Gasteiger partial charge in [-0.3, -0.25) is 4.90 Å². The minimum atomic E-state index is -1.01. The molecule has 0 radical (unpaired) electrons. The molecular weight excluding hydrogens is 252 g/mol. The van der Waals surface area contributed by atoms with Gasteiger partial charge in [-0.05, 0) is 42.3 Å². The predicted octanol–water partition coefficient (Wildman–Crippen LogP) is 1.14. The molecule has 0 spiro atoms. The molecule has 2 aromatic rings. The van der Waals surface area contributed by atoms with E-state index in [1.807, 2.05) is 37.5 Å². The number of benzene rings is 1. The quantitative estimate of drug-likeness (QED) is 0.681. The summed E-state index contributed by atoms with van der Waals surface area (Å²) in [5.41, 5.74) is 3.14. The Morgan fingerprint density at radius 2 is 2.30 bits per heavy atom. The highest BCUT2D eigenvalue weighted by molar-refractivity contribution is 5.89. The Kier molecular flexibility index (Phi) is 2.40. The molecule has 2 aliphatic rings. The highest BCUT2D eigenvalue weighted by Crippen LogP contribution is 2.44. The molecule has 104 valence electrons. The Morgan fingerprint density at radius 1 is 1.45 bits per heavy atom. The summed E-state index contributed by atoms with van der Waals surface area (Å²) >= 11 is 0. The van der Waals surface area contributed by atoms with Crippen molar-refractivity contribution in [3.63, 3.8) is 0 Å². The van der Waals surface area contributed by atoms with Crippen LogP contribution in [-0.2, 0) is 12.0 Å². The number of nitrogens with zero attached hydrogens (tertiary/aromatic N) is 1. The van der Waals surface area contributed by atoms with E-state index in [-0.39, 0.29) is 12.6 Å². The number of rotatable bonds is 1. The van der Waals surface area contributed by atoms with Crippen LogP contribution in [0.1, 0.15) is 11.1 Å². The molecule has 0 amide bonds. The number of hydrogen-bond acceptors (Lipinski definition) is 3. The maximum Gasteiger partial charge on any atom is 0.125 e. The van der Waals surface area contributed by atoms with Gasteiger partial charge in [-0.2, -0.15) is 0 Å². The third kappa shape index (κ3) is 1.41. The van der Waals surface area contributed by atoms with Gasteiger partial charge in [-0.15, -0.1) is 0 Å². The summed E-state index contributed by atoms with van der Waals surface area (Å²) < 4.78 is 0. The van der Waals surface area contributed by atoms with Gasteiger partial charge in [-0.25, -0.2) is 0 Å². The molecule has 4 nitrogen and oxygen atoms in total. The Hall–Kier alpha value is -1.62. The van der Waals surface area contributed by atoms with Gasteiger partial charge in [0.15, 0.2) is 0 Å². The summed E-state index contributed by atoms with van der Waals surface area (Å²) in [6.45, 7) is 0.703. The summed E-state index contributed by atoms with van der Waals surface area (Å²) in [6.07, 6.45) is 4.73. The van der Waals surface area contributed by atoms with Gasteiger partial charge in [0.2, 0.25) is 0 Å². The number of aromatic amines is 1. The van der Waals surface area contributed by atoms with Gasteiger partial charge < -0.3 is 15.2 Å². The molecule has 1 aromatic carbocycles. The lowest BCUT2D eigenvalue weighted by Gasteiger charge is -2.46. The van der Waals surface area contributed by atoms with Gasteiger partial charge in [0.05, 0.1) is 12.6 Å². The number of nitrogens with one attached hydrogen (secondary N) is 1. The van der Waals surface area contributed by atoms with E-state index in [2.05, 4.69) is 9.88 Å². The molecule has 1 aliphatic carbocycles. The molecule has 3 N–H and O–H groups in total. The molecule has 20 heavy (non-hydrogen) atoms. The van der Waals surface area contributed by atoms with Gasteiger partial charge in [0.1, 0.15) is 5.60 Å². The van der Waals surface area contributed by atoms with Crippen molar-refractivity contribution in [3.8, 4) is 0 Å². The molecule has 0 fully saturated rings. The van der Waals surface area contributed by atoms with E-state index in [9.17, 15) is 10.2 Å². The lowest BCUT2D eigenvalue weighted by molar-refractivity contribution is -0.0159. The van der Waals surface area contributed by atoms with Crippen molar-refractivity contribution >= 4 is 10.9 Å². The Balaban J connectivity index is 2.02. The van der Waals surface area contributed by atoms with Crippen molar-refractivity contribution in [2.75, 3.05) is 20.2 Å². The second-order valence-electron chi connectivity index (χ2n) is 5.96. The number of aromatic nitrogens is 1. The number of fused-ring (bicyclic) bond motifs is 2. The van der Waals surface area contributed by atoms with Crippen molar-refractivity contribution in [1.82, 2.24) is 9.88 Å². The number of likely N-dealkylation sites (N-methyl/N-ethyl adjacent to an activating group) is 1. The first kappa shape index (κ1) is 12.1. The zero-order chi connectivity index (χ0) is 13.9. The molecule has 0 saturated heterocycles. The highest BCUT2D eigenvalue weighted by Gasteiger charge is 2.46. The molecule has 0 bridgehead atoms. The number of H-pyrrole nitrogens is 1. The molecular formula is C16H18N2O2. The molecule has 2 heterocycles. The smallest absolute Gasteiger partial charge is 0.125 e. The minimum absolute atomic E-state index is 0.00462. The standard InChI is InChI=1S/C16H18N2O2/c1-18-8-10(9-19)6-16(20)12-3-2-4-13-15(12)11(7-17-13)5-14(16)18/h2-4,6-7,14,17,19-20H,5,8-9H2,1H3/t14-,16+/m1/s1. The second kappa shape index (κ2) is 3.95. The number of aliphatic hydroxyl groups is 2. The predicted molar refractivity (Wildman–Crippen MR) is 77.5 cm³/mol. The molecule has 4 heteroatoms. The third-order valence-electron chi connectivity index (χ3n) is 4.75. The average Bonchev–Trinajstić information content (AvgIpc) is 2.85. The monoisotopic (exact) mass is 270 g/mol. The second-order valence-corrected chi connectivity index (χ2v) is 5.96. The van der Waals surface area contributed by atoms with Crippen LogP contribution in [0.2, 0.25) is 0 Å². The molecule has 1 aromatic heterocycles. The van der Waals surface area contributed by atoms with Crippen LogP contribution < -0.4 is 0 Å². The lowest BCUT2D eigenvalue weighted by atomic mass is 9.73. The summed E-state index contributed by atoms with van der Waals surface area (Å²) in [6, 6.07) is 6.03.